The number of hydrogen-bond donors (Lipinski definition) is 1. The molecule has 0 radical (unpaired) electrons. The highest BCUT2D eigenvalue weighted by atomic mass is 19.4. The van der Waals surface area contributed by atoms with E-state index in [4.69, 9.17) is 4.74 Å². The van der Waals surface area contributed by atoms with Gasteiger partial charge in [-0.2, -0.15) is 13.2 Å². The molecule has 2 heterocycles. The maximum absolute atomic E-state index is 13.5. The van der Waals surface area contributed by atoms with Gasteiger partial charge in [-0.05, 0) is 30.2 Å². The number of hydrogen-bond acceptors (Lipinski definition) is 3. The number of benzene rings is 2. The Morgan fingerprint density at radius 2 is 1.94 bits per heavy atom. The van der Waals surface area contributed by atoms with Crippen molar-refractivity contribution in [2.45, 2.75) is 25.2 Å². The maximum atomic E-state index is 13.5. The third-order valence-electron chi connectivity index (χ3n) is 5.61. The number of para-hydroxylation sites is 1. The van der Waals surface area contributed by atoms with Crippen LogP contribution in [0.3, 0.4) is 0 Å². The summed E-state index contributed by atoms with van der Waals surface area (Å²) in [6.45, 7) is 0.110. The Bertz CT molecular complexity index is 1200. The van der Waals surface area contributed by atoms with Gasteiger partial charge in [-0.1, -0.05) is 24.3 Å². The quantitative estimate of drug-likeness (QED) is 0.676. The average molecular weight is 435 g/mol. The topological polar surface area (TPSA) is 76.7 Å². The van der Waals surface area contributed by atoms with Crippen LogP contribution < -0.4 is 10.4 Å². The Morgan fingerprint density at radius 1 is 1.19 bits per heavy atom. The van der Waals surface area contributed by atoms with Gasteiger partial charge in [-0.3, -0.25) is 9.13 Å². The number of amides is 1. The Balaban J connectivity index is 1.89. The summed E-state index contributed by atoms with van der Waals surface area (Å²) in [5.74, 6) is 0.353. The fourth-order valence-electron chi connectivity index (χ4n) is 4.20. The first-order chi connectivity index (χ1) is 14.7. The van der Waals surface area contributed by atoms with Gasteiger partial charge in [0.2, 0.25) is 0 Å². The van der Waals surface area contributed by atoms with Gasteiger partial charge in [0.1, 0.15) is 11.3 Å². The third kappa shape index (κ3) is 3.62. The fraction of sp³-hybridized carbons (Fsp3) is 0.333. The lowest BCUT2D eigenvalue weighted by atomic mass is 10.1. The van der Waals surface area contributed by atoms with Crippen molar-refractivity contribution < 1.29 is 27.8 Å². The van der Waals surface area contributed by atoms with Crippen LogP contribution in [0.1, 0.15) is 23.6 Å². The minimum atomic E-state index is -4.56. The summed E-state index contributed by atoms with van der Waals surface area (Å²) in [7, 11) is 1.42. The second kappa shape index (κ2) is 7.68. The number of rotatable bonds is 4. The number of fused-ring (bicyclic) bond motifs is 1. The van der Waals surface area contributed by atoms with Gasteiger partial charge < -0.3 is 14.7 Å². The van der Waals surface area contributed by atoms with Gasteiger partial charge in [0, 0.05) is 13.1 Å². The molecule has 4 rings (SSSR count). The molecule has 0 aliphatic carbocycles. The van der Waals surface area contributed by atoms with Crippen LogP contribution in [0.5, 0.6) is 5.75 Å². The largest absolute Gasteiger partial charge is 0.494 e. The number of halogens is 3. The molecule has 1 aliphatic heterocycles. The Morgan fingerprint density at radius 3 is 2.58 bits per heavy atom. The van der Waals surface area contributed by atoms with E-state index in [0.29, 0.717) is 23.2 Å². The predicted molar refractivity (Wildman–Crippen MR) is 107 cm³/mol. The lowest BCUT2D eigenvalue weighted by molar-refractivity contribution is -0.138. The smallest absolute Gasteiger partial charge is 0.416 e. The molecule has 1 atom stereocenters. The fourth-order valence-corrected chi connectivity index (χ4v) is 4.20. The molecule has 3 aromatic rings. The third-order valence-corrected chi connectivity index (χ3v) is 5.61. The van der Waals surface area contributed by atoms with Crippen LogP contribution >= 0.6 is 0 Å². The highest BCUT2D eigenvalue weighted by molar-refractivity contribution is 5.83. The molecule has 1 aliphatic rings. The summed E-state index contributed by atoms with van der Waals surface area (Å²) in [4.78, 5) is 25.9. The lowest BCUT2D eigenvalue weighted by Gasteiger charge is -2.14. The SMILES string of the molecule is COc1cccc2c1n(Cc1ccccc1C(F)(F)F)c(=O)n2[C@@H]1CCN(C(=O)O)C1. The van der Waals surface area contributed by atoms with Crippen LogP contribution in [-0.2, 0) is 12.7 Å². The average Bonchev–Trinajstić information content (AvgIpc) is 3.31. The number of ether oxygens (including phenoxy) is 1. The molecule has 0 unspecified atom stereocenters. The van der Waals surface area contributed by atoms with E-state index in [2.05, 4.69) is 0 Å². The predicted octanol–water partition coefficient (Wildman–Crippen LogP) is 3.80. The maximum Gasteiger partial charge on any atom is 0.416 e. The molecule has 0 spiro atoms. The molecule has 10 heteroatoms. The molecule has 2 aromatic carbocycles. The normalized spacial score (nSPS) is 16.8. The molecule has 1 fully saturated rings. The van der Waals surface area contributed by atoms with Gasteiger partial charge >= 0.3 is 18.0 Å². The highest BCUT2D eigenvalue weighted by Gasteiger charge is 2.34. The van der Waals surface area contributed by atoms with E-state index in [9.17, 15) is 27.9 Å². The zero-order valence-corrected chi connectivity index (χ0v) is 16.6. The van der Waals surface area contributed by atoms with Crippen LogP contribution in [0, 0.1) is 0 Å². The Labute approximate surface area is 174 Å². The molecule has 1 N–H and O–H groups in total. The zero-order chi connectivity index (χ0) is 22.3. The molecule has 0 bridgehead atoms. The second-order valence-electron chi connectivity index (χ2n) is 7.39. The number of methoxy groups -OCH3 is 1. The lowest BCUT2D eigenvalue weighted by Crippen LogP contribution is -2.31. The molecule has 31 heavy (non-hydrogen) atoms. The van der Waals surface area contributed by atoms with Crippen LogP contribution in [0.15, 0.2) is 47.3 Å². The van der Waals surface area contributed by atoms with E-state index in [1.54, 1.807) is 18.2 Å². The molecule has 1 aromatic heterocycles. The van der Waals surface area contributed by atoms with Gasteiger partial charge in [-0.25, -0.2) is 9.59 Å². The van der Waals surface area contributed by atoms with Gasteiger partial charge in [0.25, 0.3) is 0 Å². The summed E-state index contributed by atoms with van der Waals surface area (Å²) in [6.07, 6.45) is -5.20. The number of likely N-dealkylation sites (tertiary alicyclic amines) is 1. The number of nitrogens with zero attached hydrogens (tertiary/aromatic N) is 3. The van der Waals surface area contributed by atoms with Crippen molar-refractivity contribution in [3.05, 3.63) is 64.1 Å². The van der Waals surface area contributed by atoms with Crippen molar-refractivity contribution in [2.24, 2.45) is 0 Å². The summed E-state index contributed by atoms with van der Waals surface area (Å²) in [5, 5.41) is 9.26. The highest BCUT2D eigenvalue weighted by Crippen LogP contribution is 2.34. The Kier molecular flexibility index (Phi) is 5.16. The standard InChI is InChI=1S/C21H20F3N3O4/c1-31-17-8-4-7-16-18(17)26(11-13-5-2-3-6-15(13)21(22,23)24)19(28)27(16)14-9-10-25(12-14)20(29)30/h2-8,14H,9-12H2,1H3,(H,29,30)/t14-/m1/s1. The van der Waals surface area contributed by atoms with Crippen molar-refractivity contribution in [3.8, 4) is 5.75 Å². The summed E-state index contributed by atoms with van der Waals surface area (Å²) in [6, 6.07) is 9.72. The minimum absolute atomic E-state index is 0.0411. The molecule has 1 amide bonds. The summed E-state index contributed by atoms with van der Waals surface area (Å²) >= 11 is 0. The van der Waals surface area contributed by atoms with Crippen LogP contribution in [0.25, 0.3) is 11.0 Å². The van der Waals surface area contributed by atoms with Crippen molar-refractivity contribution in [1.82, 2.24) is 14.0 Å². The van der Waals surface area contributed by atoms with Crippen LogP contribution in [0.2, 0.25) is 0 Å². The van der Waals surface area contributed by atoms with E-state index in [0.717, 1.165) is 6.07 Å². The van der Waals surface area contributed by atoms with E-state index < -0.39 is 29.6 Å². The van der Waals surface area contributed by atoms with E-state index in [1.165, 1.54) is 39.3 Å². The Hall–Kier alpha value is -3.43. The van der Waals surface area contributed by atoms with Crippen molar-refractivity contribution in [2.75, 3.05) is 20.2 Å². The van der Waals surface area contributed by atoms with E-state index in [1.807, 2.05) is 0 Å². The molecule has 164 valence electrons. The number of carbonyl (C=O) groups is 1. The van der Waals surface area contributed by atoms with Crippen LogP contribution in [-0.4, -0.2) is 45.4 Å². The molecule has 0 saturated carbocycles. The zero-order valence-electron chi connectivity index (χ0n) is 16.6. The second-order valence-corrected chi connectivity index (χ2v) is 7.39. The first kappa shape index (κ1) is 20.8. The summed E-state index contributed by atoms with van der Waals surface area (Å²) in [5.41, 5.74) is -0.489. The number of imidazole rings is 1. The monoisotopic (exact) mass is 435 g/mol. The minimum Gasteiger partial charge on any atom is -0.494 e. The van der Waals surface area contributed by atoms with Gasteiger partial charge in [0.15, 0.2) is 0 Å². The molecular weight excluding hydrogens is 415 g/mol. The number of aromatic nitrogens is 2. The van der Waals surface area contributed by atoms with Gasteiger partial charge in [-0.15, -0.1) is 0 Å². The van der Waals surface area contributed by atoms with Crippen molar-refractivity contribution in [3.63, 3.8) is 0 Å². The van der Waals surface area contributed by atoms with Crippen molar-refractivity contribution >= 4 is 17.1 Å². The van der Waals surface area contributed by atoms with Gasteiger partial charge in [0.05, 0.1) is 30.8 Å². The molecule has 1 saturated heterocycles. The van der Waals surface area contributed by atoms with Crippen LogP contribution in [0.4, 0.5) is 18.0 Å². The molecule has 7 nitrogen and oxygen atoms in total. The van der Waals surface area contributed by atoms with E-state index in [-0.39, 0.29) is 25.2 Å². The first-order valence-corrected chi connectivity index (χ1v) is 9.63. The van der Waals surface area contributed by atoms with Crippen molar-refractivity contribution in [1.29, 1.82) is 0 Å². The number of alkyl halides is 3. The molecular formula is C21H20F3N3O4. The first-order valence-electron chi connectivity index (χ1n) is 9.63. The van der Waals surface area contributed by atoms with E-state index >= 15 is 0 Å². The number of carboxylic acid groups (broad SMARTS) is 1. The summed E-state index contributed by atoms with van der Waals surface area (Å²) < 4.78 is 48.6.